The summed E-state index contributed by atoms with van der Waals surface area (Å²) in [5.74, 6) is -0.0598. The summed E-state index contributed by atoms with van der Waals surface area (Å²) in [6.07, 6.45) is 4.53. The first-order chi connectivity index (χ1) is 10.9. The van der Waals surface area contributed by atoms with Gasteiger partial charge in [-0.15, -0.1) is 0 Å². The van der Waals surface area contributed by atoms with Crippen molar-refractivity contribution in [3.63, 3.8) is 0 Å². The summed E-state index contributed by atoms with van der Waals surface area (Å²) in [5, 5.41) is 2.73. The highest BCUT2D eigenvalue weighted by Crippen LogP contribution is 2.15. The van der Waals surface area contributed by atoms with Gasteiger partial charge < -0.3 is 10.2 Å². The van der Waals surface area contributed by atoms with Gasteiger partial charge in [-0.25, -0.2) is 12.7 Å². The van der Waals surface area contributed by atoms with Crippen molar-refractivity contribution in [3.8, 4) is 0 Å². The predicted molar refractivity (Wildman–Crippen MR) is 93.8 cm³/mol. The standard InChI is InChI=1S/C16H33N3O3S/c1-4-19(5-2)23(21,22)14-16(20)17-10-6-7-11-18-12-8-9-15(3)13-18/h15H,4-14H2,1-3H3,(H,17,20)/t15-/m0/s1. The second kappa shape index (κ2) is 10.3. The van der Waals surface area contributed by atoms with E-state index in [-0.39, 0.29) is 0 Å². The van der Waals surface area contributed by atoms with Crippen LogP contribution in [0.5, 0.6) is 0 Å². The van der Waals surface area contributed by atoms with Crippen LogP contribution in [0, 0.1) is 5.92 Å². The molecule has 0 aromatic heterocycles. The minimum atomic E-state index is -3.47. The van der Waals surface area contributed by atoms with E-state index in [2.05, 4.69) is 17.1 Å². The van der Waals surface area contributed by atoms with Crippen LogP contribution in [0.25, 0.3) is 0 Å². The zero-order valence-corrected chi connectivity index (χ0v) is 15.7. The normalized spacial score (nSPS) is 19.9. The van der Waals surface area contributed by atoms with Gasteiger partial charge in [0.15, 0.2) is 0 Å². The molecule has 0 radical (unpaired) electrons. The molecule has 0 aromatic rings. The van der Waals surface area contributed by atoms with E-state index in [4.69, 9.17) is 0 Å². The van der Waals surface area contributed by atoms with Gasteiger partial charge in [0.05, 0.1) is 0 Å². The summed E-state index contributed by atoms with van der Waals surface area (Å²) >= 11 is 0. The number of hydrogen-bond acceptors (Lipinski definition) is 4. The van der Waals surface area contributed by atoms with E-state index in [9.17, 15) is 13.2 Å². The smallest absolute Gasteiger partial charge is 0.236 e. The molecular weight excluding hydrogens is 314 g/mol. The van der Waals surface area contributed by atoms with E-state index in [1.165, 1.54) is 30.2 Å². The first kappa shape index (κ1) is 20.4. The maximum absolute atomic E-state index is 12.0. The molecule has 1 amide bonds. The van der Waals surface area contributed by atoms with Crippen molar-refractivity contribution >= 4 is 15.9 Å². The third-order valence-electron chi connectivity index (χ3n) is 4.38. The van der Waals surface area contributed by atoms with Crippen molar-refractivity contribution in [1.29, 1.82) is 0 Å². The van der Waals surface area contributed by atoms with Crippen LogP contribution in [0.4, 0.5) is 0 Å². The summed E-state index contributed by atoms with van der Waals surface area (Å²) in [6.45, 7) is 10.6. The zero-order valence-electron chi connectivity index (χ0n) is 14.9. The minimum Gasteiger partial charge on any atom is -0.355 e. The number of carbonyl (C=O) groups excluding carboxylic acids is 1. The number of hydrogen-bond donors (Lipinski definition) is 1. The van der Waals surface area contributed by atoms with Crippen LogP contribution in [0.2, 0.25) is 0 Å². The van der Waals surface area contributed by atoms with Crippen molar-refractivity contribution in [2.24, 2.45) is 5.92 Å². The number of nitrogens with zero attached hydrogens (tertiary/aromatic N) is 2. The zero-order chi connectivity index (χ0) is 17.3. The van der Waals surface area contributed by atoms with Crippen molar-refractivity contribution in [2.75, 3.05) is 45.0 Å². The lowest BCUT2D eigenvalue weighted by Crippen LogP contribution is -2.39. The van der Waals surface area contributed by atoms with E-state index in [0.717, 1.165) is 25.3 Å². The van der Waals surface area contributed by atoms with E-state index in [0.29, 0.717) is 19.6 Å². The summed E-state index contributed by atoms with van der Waals surface area (Å²) in [7, 11) is -3.47. The first-order valence-electron chi connectivity index (χ1n) is 8.86. The van der Waals surface area contributed by atoms with Gasteiger partial charge in [0.2, 0.25) is 15.9 Å². The Balaban J connectivity index is 2.16. The lowest BCUT2D eigenvalue weighted by Gasteiger charge is -2.30. The number of piperidine rings is 1. The van der Waals surface area contributed by atoms with Crippen LogP contribution < -0.4 is 5.32 Å². The quantitative estimate of drug-likeness (QED) is 0.605. The molecule has 0 aromatic carbocycles. The Morgan fingerprint density at radius 1 is 1.26 bits per heavy atom. The molecule has 1 N–H and O–H groups in total. The SMILES string of the molecule is CCN(CC)S(=O)(=O)CC(=O)NCCCCN1CCC[C@H](C)C1. The lowest BCUT2D eigenvalue weighted by atomic mass is 10.0. The fourth-order valence-corrected chi connectivity index (χ4v) is 4.51. The van der Waals surface area contributed by atoms with Gasteiger partial charge in [-0.3, -0.25) is 4.79 Å². The summed E-state index contributed by atoms with van der Waals surface area (Å²) < 4.78 is 25.3. The van der Waals surface area contributed by atoms with Gasteiger partial charge >= 0.3 is 0 Å². The van der Waals surface area contributed by atoms with Gasteiger partial charge in [-0.1, -0.05) is 20.8 Å². The average molecular weight is 348 g/mol. The van der Waals surface area contributed by atoms with Gasteiger partial charge in [-0.2, -0.15) is 0 Å². The molecule has 1 atom stereocenters. The van der Waals surface area contributed by atoms with Gasteiger partial charge in [0, 0.05) is 26.2 Å². The predicted octanol–water partition coefficient (Wildman–Crippen LogP) is 1.29. The topological polar surface area (TPSA) is 69.7 Å². The number of likely N-dealkylation sites (tertiary alicyclic amines) is 1. The Morgan fingerprint density at radius 3 is 2.57 bits per heavy atom. The monoisotopic (exact) mass is 347 g/mol. The molecule has 1 rings (SSSR count). The van der Waals surface area contributed by atoms with Crippen molar-refractivity contribution in [3.05, 3.63) is 0 Å². The molecule has 0 spiro atoms. The molecule has 0 unspecified atom stereocenters. The maximum Gasteiger partial charge on any atom is 0.236 e. The Morgan fingerprint density at radius 2 is 1.96 bits per heavy atom. The van der Waals surface area contributed by atoms with Crippen LogP contribution in [-0.2, 0) is 14.8 Å². The highest BCUT2D eigenvalue weighted by atomic mass is 32.2. The number of amides is 1. The number of unbranched alkanes of at least 4 members (excludes halogenated alkanes) is 1. The second-order valence-electron chi connectivity index (χ2n) is 6.45. The molecule has 1 fully saturated rings. The van der Waals surface area contributed by atoms with Crippen molar-refractivity contribution in [2.45, 2.75) is 46.5 Å². The molecule has 1 saturated heterocycles. The van der Waals surface area contributed by atoms with Gasteiger partial charge in [0.25, 0.3) is 0 Å². The largest absolute Gasteiger partial charge is 0.355 e. The summed E-state index contributed by atoms with van der Waals surface area (Å²) in [6, 6.07) is 0. The number of sulfonamides is 1. The van der Waals surface area contributed by atoms with Gasteiger partial charge in [0.1, 0.15) is 5.75 Å². The number of nitrogens with one attached hydrogen (secondary N) is 1. The maximum atomic E-state index is 12.0. The van der Waals surface area contributed by atoms with Crippen LogP contribution in [-0.4, -0.2) is 68.6 Å². The van der Waals surface area contributed by atoms with E-state index in [1.807, 2.05) is 0 Å². The molecule has 0 bridgehead atoms. The molecule has 136 valence electrons. The van der Waals surface area contributed by atoms with Crippen LogP contribution in [0.3, 0.4) is 0 Å². The third-order valence-corrected chi connectivity index (χ3v) is 6.31. The van der Waals surface area contributed by atoms with E-state index >= 15 is 0 Å². The van der Waals surface area contributed by atoms with Gasteiger partial charge in [-0.05, 0) is 44.7 Å². The Kier molecular flexibility index (Phi) is 9.09. The van der Waals surface area contributed by atoms with Crippen LogP contribution in [0.1, 0.15) is 46.5 Å². The van der Waals surface area contributed by atoms with Crippen molar-refractivity contribution in [1.82, 2.24) is 14.5 Å². The highest BCUT2D eigenvalue weighted by molar-refractivity contribution is 7.89. The molecule has 0 saturated carbocycles. The molecule has 1 aliphatic rings. The fourth-order valence-electron chi connectivity index (χ4n) is 3.10. The lowest BCUT2D eigenvalue weighted by molar-refractivity contribution is -0.118. The second-order valence-corrected chi connectivity index (χ2v) is 8.41. The number of rotatable bonds is 10. The van der Waals surface area contributed by atoms with E-state index in [1.54, 1.807) is 13.8 Å². The molecule has 6 nitrogen and oxygen atoms in total. The van der Waals surface area contributed by atoms with Crippen molar-refractivity contribution < 1.29 is 13.2 Å². The first-order valence-corrected chi connectivity index (χ1v) is 10.5. The summed E-state index contributed by atoms with van der Waals surface area (Å²) in [4.78, 5) is 14.3. The Hall–Kier alpha value is -0.660. The Labute approximate surface area is 141 Å². The van der Waals surface area contributed by atoms with Crippen LogP contribution in [0.15, 0.2) is 0 Å². The molecule has 23 heavy (non-hydrogen) atoms. The molecule has 0 aliphatic carbocycles. The van der Waals surface area contributed by atoms with E-state index < -0.39 is 21.7 Å². The third kappa shape index (κ3) is 7.63. The molecular formula is C16H33N3O3S. The average Bonchev–Trinajstić information content (AvgIpc) is 2.47. The highest BCUT2D eigenvalue weighted by Gasteiger charge is 2.22. The molecule has 7 heteroatoms. The fraction of sp³-hybridized carbons (Fsp3) is 0.938. The molecule has 1 aliphatic heterocycles. The molecule has 1 heterocycles. The summed E-state index contributed by atoms with van der Waals surface area (Å²) in [5.41, 5.74) is 0. The number of carbonyl (C=O) groups is 1. The Bertz CT molecular complexity index is 449. The van der Waals surface area contributed by atoms with Crippen LogP contribution >= 0.6 is 0 Å². The minimum absolute atomic E-state index is 0.400.